The van der Waals surface area contributed by atoms with Crippen molar-refractivity contribution in [1.29, 1.82) is 0 Å². The van der Waals surface area contributed by atoms with Gasteiger partial charge in [-0.25, -0.2) is 4.98 Å². The maximum absolute atomic E-state index is 11.9. The third-order valence-electron chi connectivity index (χ3n) is 3.17. The van der Waals surface area contributed by atoms with Crippen LogP contribution < -0.4 is 10.6 Å². The Hall–Kier alpha value is -3.41. The number of hydrogen-bond acceptors (Lipinski definition) is 3. The number of rotatable bonds is 3. The van der Waals surface area contributed by atoms with Crippen LogP contribution in [-0.4, -0.2) is 21.4 Å². The summed E-state index contributed by atoms with van der Waals surface area (Å²) in [6, 6.07) is 15.9. The van der Waals surface area contributed by atoms with Gasteiger partial charge in [-0.2, -0.15) is 0 Å². The Morgan fingerprint density at radius 2 is 1.43 bits per heavy atom. The van der Waals surface area contributed by atoms with Crippen molar-refractivity contribution in [3.63, 3.8) is 0 Å². The molecule has 0 atom stereocenters. The second-order valence-corrected chi connectivity index (χ2v) is 4.79. The number of hydrogen-bond donors (Lipinski definition) is 2. The summed E-state index contributed by atoms with van der Waals surface area (Å²) in [5, 5.41) is 5.09. The standard InChI is InChI=1S/C17H14N4O2/c22-16(19-13-4-2-1-3-5-13)17(23)20-14-6-8-15(9-7-14)21-11-10-18-12-21/h1-12H,(H,19,22)(H,20,23). The molecular weight excluding hydrogens is 292 g/mol. The van der Waals surface area contributed by atoms with E-state index in [-0.39, 0.29) is 0 Å². The van der Waals surface area contributed by atoms with Crippen molar-refractivity contribution in [2.75, 3.05) is 10.6 Å². The van der Waals surface area contributed by atoms with E-state index >= 15 is 0 Å². The van der Waals surface area contributed by atoms with Gasteiger partial charge in [0.2, 0.25) is 0 Å². The van der Waals surface area contributed by atoms with E-state index in [1.165, 1.54) is 0 Å². The highest BCUT2D eigenvalue weighted by atomic mass is 16.2. The number of benzene rings is 2. The Kier molecular flexibility index (Phi) is 4.15. The van der Waals surface area contributed by atoms with Gasteiger partial charge in [0.1, 0.15) is 0 Å². The third-order valence-corrected chi connectivity index (χ3v) is 3.17. The average molecular weight is 306 g/mol. The summed E-state index contributed by atoms with van der Waals surface area (Å²) in [6.45, 7) is 0. The molecule has 0 spiro atoms. The zero-order chi connectivity index (χ0) is 16.1. The van der Waals surface area contributed by atoms with Crippen molar-refractivity contribution in [2.45, 2.75) is 0 Å². The van der Waals surface area contributed by atoms with Gasteiger partial charge >= 0.3 is 11.8 Å². The first kappa shape index (κ1) is 14.5. The van der Waals surface area contributed by atoms with E-state index in [9.17, 15) is 9.59 Å². The van der Waals surface area contributed by atoms with Crippen LogP contribution in [0, 0.1) is 0 Å². The van der Waals surface area contributed by atoms with Gasteiger partial charge in [-0.15, -0.1) is 0 Å². The molecular formula is C17H14N4O2. The monoisotopic (exact) mass is 306 g/mol. The predicted octanol–water partition coefficient (Wildman–Crippen LogP) is 2.45. The van der Waals surface area contributed by atoms with Gasteiger partial charge < -0.3 is 15.2 Å². The summed E-state index contributed by atoms with van der Waals surface area (Å²) < 4.78 is 1.84. The van der Waals surface area contributed by atoms with Gasteiger partial charge in [0.15, 0.2) is 0 Å². The van der Waals surface area contributed by atoms with Gasteiger partial charge in [-0.3, -0.25) is 9.59 Å². The Bertz CT molecular complexity index is 796. The van der Waals surface area contributed by atoms with Gasteiger partial charge in [0, 0.05) is 29.5 Å². The molecule has 0 bridgehead atoms. The van der Waals surface area contributed by atoms with Crippen LogP contribution in [-0.2, 0) is 9.59 Å². The van der Waals surface area contributed by atoms with E-state index in [1.807, 2.05) is 29.0 Å². The van der Waals surface area contributed by atoms with Crippen molar-refractivity contribution >= 4 is 23.2 Å². The lowest BCUT2D eigenvalue weighted by Crippen LogP contribution is -2.29. The number of anilines is 2. The quantitative estimate of drug-likeness (QED) is 0.730. The Morgan fingerprint density at radius 1 is 0.826 bits per heavy atom. The minimum absolute atomic E-state index is 0.544. The summed E-state index contributed by atoms with van der Waals surface area (Å²) in [4.78, 5) is 27.7. The van der Waals surface area contributed by atoms with Gasteiger partial charge in [-0.1, -0.05) is 18.2 Å². The SMILES string of the molecule is O=C(Nc1ccccc1)C(=O)Nc1ccc(-n2ccnc2)cc1. The molecule has 3 rings (SSSR count). The van der Waals surface area contributed by atoms with Crippen molar-refractivity contribution in [1.82, 2.24) is 9.55 Å². The van der Waals surface area contributed by atoms with Crippen LogP contribution in [0.5, 0.6) is 0 Å². The van der Waals surface area contributed by atoms with Crippen LogP contribution >= 0.6 is 0 Å². The van der Waals surface area contributed by atoms with Crippen molar-refractivity contribution in [2.24, 2.45) is 0 Å². The molecule has 1 heterocycles. The lowest BCUT2D eigenvalue weighted by atomic mass is 10.2. The highest BCUT2D eigenvalue weighted by Gasteiger charge is 2.13. The number of imidazole rings is 1. The summed E-state index contributed by atoms with van der Waals surface area (Å²) in [6.07, 6.45) is 5.19. The highest BCUT2D eigenvalue weighted by Crippen LogP contribution is 2.13. The van der Waals surface area contributed by atoms with Gasteiger partial charge in [0.25, 0.3) is 0 Å². The molecule has 0 aliphatic carbocycles. The molecule has 0 saturated heterocycles. The molecule has 3 aromatic rings. The fraction of sp³-hybridized carbons (Fsp3) is 0. The maximum atomic E-state index is 11.9. The summed E-state index contributed by atoms with van der Waals surface area (Å²) in [7, 11) is 0. The van der Waals surface area contributed by atoms with Crippen LogP contribution in [0.4, 0.5) is 11.4 Å². The molecule has 0 aliphatic rings. The minimum atomic E-state index is -0.718. The first-order valence-corrected chi connectivity index (χ1v) is 6.98. The molecule has 0 unspecified atom stereocenters. The third kappa shape index (κ3) is 3.62. The minimum Gasteiger partial charge on any atom is -0.318 e. The molecule has 2 aromatic carbocycles. The molecule has 2 N–H and O–H groups in total. The Morgan fingerprint density at radius 3 is 2.00 bits per heavy atom. The first-order chi connectivity index (χ1) is 11.2. The van der Waals surface area contributed by atoms with Gasteiger partial charge in [-0.05, 0) is 36.4 Å². The van der Waals surface area contributed by atoms with Gasteiger partial charge in [0.05, 0.1) is 6.33 Å². The first-order valence-electron chi connectivity index (χ1n) is 6.98. The fourth-order valence-corrected chi connectivity index (χ4v) is 2.03. The molecule has 114 valence electrons. The van der Waals surface area contributed by atoms with E-state index < -0.39 is 11.8 Å². The van der Waals surface area contributed by atoms with E-state index in [0.29, 0.717) is 11.4 Å². The maximum Gasteiger partial charge on any atom is 0.314 e. The zero-order valence-electron chi connectivity index (χ0n) is 12.1. The zero-order valence-corrected chi connectivity index (χ0v) is 12.1. The summed E-state index contributed by atoms with van der Waals surface area (Å²) in [5.74, 6) is -1.43. The fourth-order valence-electron chi connectivity index (χ4n) is 2.03. The van der Waals surface area contributed by atoms with Crippen molar-refractivity contribution < 1.29 is 9.59 Å². The molecule has 0 aliphatic heterocycles. The van der Waals surface area contributed by atoms with Crippen LogP contribution in [0.15, 0.2) is 73.3 Å². The molecule has 0 fully saturated rings. The summed E-state index contributed by atoms with van der Waals surface area (Å²) >= 11 is 0. The smallest absolute Gasteiger partial charge is 0.314 e. The predicted molar refractivity (Wildman–Crippen MR) is 87.3 cm³/mol. The van der Waals surface area contributed by atoms with E-state index in [4.69, 9.17) is 0 Å². The van der Waals surface area contributed by atoms with Crippen molar-refractivity contribution in [3.8, 4) is 5.69 Å². The van der Waals surface area contributed by atoms with E-state index in [1.54, 1.807) is 48.9 Å². The molecule has 2 amide bonds. The number of nitrogens with zero attached hydrogens (tertiary/aromatic N) is 2. The van der Waals surface area contributed by atoms with Crippen LogP contribution in [0.2, 0.25) is 0 Å². The highest BCUT2D eigenvalue weighted by molar-refractivity contribution is 6.43. The van der Waals surface area contributed by atoms with E-state index in [0.717, 1.165) is 5.69 Å². The number of carbonyl (C=O) groups excluding carboxylic acids is 2. The molecule has 6 heteroatoms. The topological polar surface area (TPSA) is 76.0 Å². The second kappa shape index (κ2) is 6.57. The van der Waals surface area contributed by atoms with Crippen LogP contribution in [0.1, 0.15) is 0 Å². The lowest BCUT2D eigenvalue weighted by Gasteiger charge is -2.07. The number of carbonyl (C=O) groups is 2. The van der Waals surface area contributed by atoms with E-state index in [2.05, 4.69) is 15.6 Å². The number of para-hydroxylation sites is 1. The average Bonchev–Trinajstić information content (AvgIpc) is 3.11. The molecule has 0 saturated carbocycles. The second-order valence-electron chi connectivity index (χ2n) is 4.79. The van der Waals surface area contributed by atoms with Crippen LogP contribution in [0.25, 0.3) is 5.69 Å². The lowest BCUT2D eigenvalue weighted by molar-refractivity contribution is -0.132. The molecule has 0 radical (unpaired) electrons. The number of amides is 2. The van der Waals surface area contributed by atoms with Crippen molar-refractivity contribution in [3.05, 3.63) is 73.3 Å². The Labute approximate surface area is 132 Å². The normalized spacial score (nSPS) is 10.1. The largest absolute Gasteiger partial charge is 0.318 e. The number of nitrogens with one attached hydrogen (secondary N) is 2. The molecule has 1 aromatic heterocycles. The molecule has 6 nitrogen and oxygen atoms in total. The van der Waals surface area contributed by atoms with Crippen LogP contribution in [0.3, 0.4) is 0 Å². The number of aromatic nitrogens is 2. The molecule has 23 heavy (non-hydrogen) atoms. The Balaban J connectivity index is 1.62. The summed E-state index contributed by atoms with van der Waals surface area (Å²) in [5.41, 5.74) is 2.03.